The van der Waals surface area contributed by atoms with Crippen molar-refractivity contribution in [1.82, 2.24) is 9.88 Å². The summed E-state index contributed by atoms with van der Waals surface area (Å²) in [7, 11) is 0. The molecule has 8 heteroatoms. The van der Waals surface area contributed by atoms with Gasteiger partial charge in [-0.15, -0.1) is 11.3 Å². The lowest BCUT2D eigenvalue weighted by molar-refractivity contribution is -0.0213. The number of piperidine rings is 1. The number of β-amino-alcohol motifs (C(OH)–C–C–N with tert-alkyl or cyclic N) is 1. The highest BCUT2D eigenvalue weighted by Gasteiger charge is 2.33. The van der Waals surface area contributed by atoms with E-state index < -0.39 is 12.2 Å². The molecule has 132 valence electrons. The van der Waals surface area contributed by atoms with Crippen LogP contribution >= 0.6 is 11.3 Å². The lowest BCUT2D eigenvalue weighted by Crippen LogP contribution is -2.50. The van der Waals surface area contributed by atoms with Crippen molar-refractivity contribution < 1.29 is 24.1 Å². The second-order valence-electron chi connectivity index (χ2n) is 5.91. The molecule has 0 aliphatic carbocycles. The summed E-state index contributed by atoms with van der Waals surface area (Å²) in [6, 6.07) is 5.46. The van der Waals surface area contributed by atoms with Gasteiger partial charge in [0.2, 0.25) is 5.75 Å². The molecule has 1 aromatic heterocycles. The van der Waals surface area contributed by atoms with Gasteiger partial charge in [0.1, 0.15) is 30.3 Å². The number of carbonyl (C=O) groups excluding carboxylic acids is 1. The van der Waals surface area contributed by atoms with Crippen LogP contribution in [0.1, 0.15) is 16.1 Å². The Morgan fingerprint density at radius 2 is 2.24 bits per heavy atom. The number of ether oxygens (including phenoxy) is 3. The van der Waals surface area contributed by atoms with Crippen molar-refractivity contribution in [3.8, 4) is 17.2 Å². The first-order chi connectivity index (χ1) is 12.2. The van der Waals surface area contributed by atoms with Crippen molar-refractivity contribution in [3.63, 3.8) is 0 Å². The van der Waals surface area contributed by atoms with Crippen molar-refractivity contribution in [3.05, 3.63) is 34.8 Å². The average molecular weight is 362 g/mol. The summed E-state index contributed by atoms with van der Waals surface area (Å²) in [4.78, 5) is 18.5. The van der Waals surface area contributed by atoms with E-state index >= 15 is 0 Å². The molecule has 7 nitrogen and oxygen atoms in total. The number of benzene rings is 1. The lowest BCUT2D eigenvalue weighted by atomic mass is 10.0. The predicted molar refractivity (Wildman–Crippen MR) is 90.5 cm³/mol. The molecule has 2 atom stereocenters. The van der Waals surface area contributed by atoms with Crippen LogP contribution in [-0.2, 0) is 0 Å². The van der Waals surface area contributed by atoms with Gasteiger partial charge in [-0.3, -0.25) is 9.78 Å². The Kier molecular flexibility index (Phi) is 4.46. The van der Waals surface area contributed by atoms with Gasteiger partial charge in [-0.2, -0.15) is 0 Å². The van der Waals surface area contributed by atoms with Crippen LogP contribution in [0.3, 0.4) is 0 Å². The van der Waals surface area contributed by atoms with Gasteiger partial charge in [0.15, 0.2) is 11.5 Å². The van der Waals surface area contributed by atoms with Gasteiger partial charge in [0, 0.05) is 13.0 Å². The first-order valence-electron chi connectivity index (χ1n) is 8.13. The number of carbonyl (C=O) groups is 1. The summed E-state index contributed by atoms with van der Waals surface area (Å²) in [5.74, 6) is 1.68. The molecule has 0 bridgehead atoms. The highest BCUT2D eigenvalue weighted by atomic mass is 32.1. The van der Waals surface area contributed by atoms with Gasteiger partial charge >= 0.3 is 0 Å². The average Bonchev–Trinajstić information content (AvgIpc) is 3.18. The zero-order valence-corrected chi connectivity index (χ0v) is 14.3. The van der Waals surface area contributed by atoms with Gasteiger partial charge in [-0.25, -0.2) is 0 Å². The number of para-hydroxylation sites is 1. The van der Waals surface area contributed by atoms with Crippen molar-refractivity contribution >= 4 is 17.2 Å². The zero-order valence-electron chi connectivity index (χ0n) is 13.5. The van der Waals surface area contributed by atoms with Crippen molar-refractivity contribution in [2.45, 2.75) is 18.6 Å². The zero-order chi connectivity index (χ0) is 17.2. The SMILES string of the molecule is O=C(c1cncs1)N1CC[C@@H](Oc2cccc3c2OCCO3)[C@H](O)C1. The Labute approximate surface area is 148 Å². The van der Waals surface area contributed by atoms with Gasteiger partial charge < -0.3 is 24.2 Å². The molecular weight excluding hydrogens is 344 g/mol. The molecule has 3 heterocycles. The molecule has 1 fully saturated rings. The number of nitrogens with zero attached hydrogens (tertiary/aromatic N) is 2. The van der Waals surface area contributed by atoms with Crippen LogP contribution in [0.2, 0.25) is 0 Å². The minimum atomic E-state index is -0.772. The third-order valence-corrected chi connectivity index (χ3v) is 5.02. The molecule has 0 saturated carbocycles. The van der Waals surface area contributed by atoms with E-state index in [1.807, 2.05) is 12.1 Å². The van der Waals surface area contributed by atoms with E-state index in [1.54, 1.807) is 22.7 Å². The van der Waals surface area contributed by atoms with Gasteiger partial charge in [-0.05, 0) is 12.1 Å². The number of likely N-dealkylation sites (tertiary alicyclic amines) is 1. The van der Waals surface area contributed by atoms with Crippen LogP contribution in [0.4, 0.5) is 0 Å². The number of aliphatic hydroxyl groups is 1. The number of rotatable bonds is 3. The predicted octanol–water partition coefficient (Wildman–Crippen LogP) is 1.57. The van der Waals surface area contributed by atoms with E-state index in [1.165, 1.54) is 11.3 Å². The lowest BCUT2D eigenvalue weighted by Gasteiger charge is -2.36. The van der Waals surface area contributed by atoms with E-state index in [2.05, 4.69) is 4.98 Å². The number of amides is 1. The molecule has 25 heavy (non-hydrogen) atoms. The summed E-state index contributed by atoms with van der Waals surface area (Å²) in [5.41, 5.74) is 1.63. The quantitative estimate of drug-likeness (QED) is 0.893. The third-order valence-electron chi connectivity index (χ3n) is 4.26. The number of fused-ring (bicyclic) bond motifs is 1. The topological polar surface area (TPSA) is 81.1 Å². The summed E-state index contributed by atoms with van der Waals surface area (Å²) in [5, 5.41) is 10.4. The van der Waals surface area contributed by atoms with Crippen LogP contribution in [0.25, 0.3) is 0 Å². The van der Waals surface area contributed by atoms with Crippen LogP contribution in [0.5, 0.6) is 17.2 Å². The van der Waals surface area contributed by atoms with E-state index in [0.29, 0.717) is 48.3 Å². The van der Waals surface area contributed by atoms with Gasteiger partial charge in [0.25, 0.3) is 5.91 Å². The smallest absolute Gasteiger partial charge is 0.265 e. The summed E-state index contributed by atoms with van der Waals surface area (Å²) < 4.78 is 17.2. The Balaban J connectivity index is 1.43. The number of hydrogen-bond acceptors (Lipinski definition) is 7. The van der Waals surface area contributed by atoms with E-state index in [4.69, 9.17) is 14.2 Å². The van der Waals surface area contributed by atoms with Crippen LogP contribution < -0.4 is 14.2 Å². The number of hydrogen-bond donors (Lipinski definition) is 1. The molecule has 1 N–H and O–H groups in total. The number of aliphatic hydroxyl groups excluding tert-OH is 1. The second kappa shape index (κ2) is 6.89. The largest absolute Gasteiger partial charge is 0.486 e. The number of aromatic nitrogens is 1. The Hall–Kier alpha value is -2.32. The number of thiazole rings is 1. The minimum Gasteiger partial charge on any atom is -0.486 e. The van der Waals surface area contributed by atoms with Crippen molar-refractivity contribution in [2.75, 3.05) is 26.3 Å². The Morgan fingerprint density at radius 3 is 3.04 bits per heavy atom. The van der Waals surface area contributed by atoms with E-state index in [0.717, 1.165) is 0 Å². The molecule has 2 aromatic rings. The van der Waals surface area contributed by atoms with Crippen LogP contribution in [-0.4, -0.2) is 59.4 Å². The molecule has 1 amide bonds. The van der Waals surface area contributed by atoms with Crippen molar-refractivity contribution in [2.24, 2.45) is 0 Å². The standard InChI is InChI=1S/C17H18N2O5S/c20-11-9-19(17(21)15-8-18-10-25-15)5-4-12(11)24-14-3-1-2-13-16(14)23-7-6-22-13/h1-3,8,10-12,20H,4-7,9H2/t11-,12-/m1/s1. The van der Waals surface area contributed by atoms with Crippen molar-refractivity contribution in [1.29, 1.82) is 0 Å². The monoisotopic (exact) mass is 362 g/mol. The maximum absolute atomic E-state index is 12.4. The summed E-state index contributed by atoms with van der Waals surface area (Å²) in [6.45, 7) is 1.73. The van der Waals surface area contributed by atoms with Gasteiger partial charge in [-0.1, -0.05) is 6.07 Å². The Bertz CT molecular complexity index is 752. The fraction of sp³-hybridized carbons (Fsp3) is 0.412. The molecule has 0 unspecified atom stereocenters. The first kappa shape index (κ1) is 16.2. The molecule has 0 radical (unpaired) electrons. The Morgan fingerprint density at radius 1 is 1.36 bits per heavy atom. The fourth-order valence-corrected chi connectivity index (χ4v) is 3.60. The molecule has 1 saturated heterocycles. The maximum Gasteiger partial charge on any atom is 0.265 e. The molecule has 2 aliphatic rings. The molecule has 1 aromatic carbocycles. The van der Waals surface area contributed by atoms with Gasteiger partial charge in [0.05, 0.1) is 18.3 Å². The minimum absolute atomic E-state index is 0.103. The first-order valence-corrected chi connectivity index (χ1v) is 9.01. The maximum atomic E-state index is 12.4. The van der Waals surface area contributed by atoms with Crippen LogP contribution in [0.15, 0.2) is 29.9 Å². The van der Waals surface area contributed by atoms with E-state index in [9.17, 15) is 9.90 Å². The molecular formula is C17H18N2O5S. The normalized spacial score (nSPS) is 22.5. The highest BCUT2D eigenvalue weighted by molar-refractivity contribution is 7.11. The fourth-order valence-electron chi connectivity index (χ4n) is 3.01. The summed E-state index contributed by atoms with van der Waals surface area (Å²) in [6.07, 6.45) is 0.916. The summed E-state index contributed by atoms with van der Waals surface area (Å²) >= 11 is 1.30. The third kappa shape index (κ3) is 3.27. The second-order valence-corrected chi connectivity index (χ2v) is 6.80. The molecule has 0 spiro atoms. The highest BCUT2D eigenvalue weighted by Crippen LogP contribution is 2.40. The molecule has 4 rings (SSSR count). The van der Waals surface area contributed by atoms with E-state index in [-0.39, 0.29) is 12.5 Å². The molecule has 2 aliphatic heterocycles. The van der Waals surface area contributed by atoms with Crippen LogP contribution in [0, 0.1) is 0 Å².